The molecule has 0 aromatic rings. The van der Waals surface area contributed by atoms with Gasteiger partial charge in [0.15, 0.2) is 0 Å². The molecule has 0 N–H and O–H groups in total. The molecule has 1 aliphatic rings. The molecule has 0 bridgehead atoms. The van der Waals surface area contributed by atoms with Crippen molar-refractivity contribution < 1.29 is 0 Å². The zero-order chi connectivity index (χ0) is 7.94. The Labute approximate surface area is 109 Å². The van der Waals surface area contributed by atoms with Crippen LogP contribution in [-0.2, 0) is 0 Å². The molecule has 0 unspecified atom stereocenters. The number of unbranched alkanes of at least 4 members (excludes halogenated alkanes) is 1. The average molecular weight is 230 g/mol. The van der Waals surface area contributed by atoms with Crippen LogP contribution in [0, 0.1) is 0 Å². The van der Waals surface area contributed by atoms with Crippen LogP contribution >= 0.6 is 33.3 Å². The van der Waals surface area contributed by atoms with Crippen molar-refractivity contribution in [3.63, 3.8) is 0 Å². The molecule has 0 spiro atoms. The molecular formula is C7H13NNaS3. The molecule has 0 amide bonds. The van der Waals surface area contributed by atoms with Gasteiger partial charge in [0.1, 0.15) is 4.38 Å². The molecule has 0 atom stereocenters. The monoisotopic (exact) mass is 230 g/mol. The van der Waals surface area contributed by atoms with Crippen LogP contribution in [0.5, 0.6) is 0 Å². The van der Waals surface area contributed by atoms with Crippen molar-refractivity contribution in [2.24, 2.45) is 4.99 Å². The molecular weight excluding hydrogens is 217 g/mol. The number of hydrogen-bond donors (Lipinski definition) is 0. The van der Waals surface area contributed by atoms with Gasteiger partial charge < -0.3 is 0 Å². The van der Waals surface area contributed by atoms with Gasteiger partial charge >= 0.3 is 0 Å². The summed E-state index contributed by atoms with van der Waals surface area (Å²) in [5.74, 6) is 2.46. The van der Waals surface area contributed by atoms with E-state index in [2.05, 4.69) is 11.9 Å². The van der Waals surface area contributed by atoms with E-state index in [-0.39, 0.29) is 29.6 Å². The van der Waals surface area contributed by atoms with Gasteiger partial charge in [0, 0.05) is 41.1 Å². The van der Waals surface area contributed by atoms with Crippen molar-refractivity contribution in [1.29, 1.82) is 0 Å². The number of thioether (sulfide) groups is 1. The van der Waals surface area contributed by atoms with Gasteiger partial charge in [-0.15, -0.1) is 0 Å². The minimum atomic E-state index is 0. The van der Waals surface area contributed by atoms with Crippen molar-refractivity contribution >= 4 is 67.3 Å². The van der Waals surface area contributed by atoms with Gasteiger partial charge in [-0.3, -0.25) is 4.99 Å². The van der Waals surface area contributed by atoms with E-state index >= 15 is 0 Å². The van der Waals surface area contributed by atoms with Crippen LogP contribution in [-0.4, -0.2) is 52.0 Å². The fraction of sp³-hybridized carbons (Fsp3) is 0.857. The predicted molar refractivity (Wildman–Crippen MR) is 65.5 cm³/mol. The Morgan fingerprint density at radius 2 is 2.42 bits per heavy atom. The molecule has 0 aromatic carbocycles. The van der Waals surface area contributed by atoms with Crippen LogP contribution in [0.25, 0.3) is 0 Å². The third kappa shape index (κ3) is 6.22. The van der Waals surface area contributed by atoms with Crippen molar-refractivity contribution in [2.75, 3.05) is 18.1 Å². The Morgan fingerprint density at radius 3 is 3.00 bits per heavy atom. The second-order valence-corrected chi connectivity index (χ2v) is 6.00. The fourth-order valence-corrected chi connectivity index (χ4v) is 4.31. The van der Waals surface area contributed by atoms with E-state index in [9.17, 15) is 0 Å². The van der Waals surface area contributed by atoms with Gasteiger partial charge in [-0.25, -0.2) is 0 Å². The average Bonchev–Trinajstić information content (AvgIpc) is 2.50. The summed E-state index contributed by atoms with van der Waals surface area (Å²) in [6.45, 7) is 3.26. The molecule has 65 valence electrons. The molecule has 1 radical (unpaired) electrons. The van der Waals surface area contributed by atoms with Crippen molar-refractivity contribution in [3.05, 3.63) is 0 Å². The van der Waals surface area contributed by atoms with E-state index < -0.39 is 0 Å². The first-order valence-electron chi connectivity index (χ1n) is 3.90. The second-order valence-electron chi connectivity index (χ2n) is 2.25. The first-order valence-corrected chi connectivity index (χ1v) is 7.20. The van der Waals surface area contributed by atoms with Gasteiger partial charge in [-0.05, 0) is 17.2 Å². The topological polar surface area (TPSA) is 12.4 Å². The van der Waals surface area contributed by atoms with Crippen LogP contribution in [0.2, 0.25) is 0 Å². The maximum atomic E-state index is 4.36. The Balaban J connectivity index is 0.00000121. The van der Waals surface area contributed by atoms with Crippen LogP contribution in [0.4, 0.5) is 0 Å². The summed E-state index contributed by atoms with van der Waals surface area (Å²) >= 11 is 1.89. The quantitative estimate of drug-likeness (QED) is 0.418. The van der Waals surface area contributed by atoms with E-state index in [4.69, 9.17) is 0 Å². The zero-order valence-corrected chi connectivity index (χ0v) is 12.2. The number of rotatable bonds is 4. The summed E-state index contributed by atoms with van der Waals surface area (Å²) in [5.41, 5.74) is 0. The smallest absolute Gasteiger partial charge is 0.135 e. The molecule has 1 nitrogen and oxygen atoms in total. The van der Waals surface area contributed by atoms with Gasteiger partial charge in [0.2, 0.25) is 0 Å². The Bertz CT molecular complexity index is 141. The molecule has 1 rings (SSSR count). The third-order valence-corrected chi connectivity index (χ3v) is 5.12. The Kier molecular flexibility index (Phi) is 10.6. The van der Waals surface area contributed by atoms with E-state index in [0.717, 1.165) is 6.54 Å². The van der Waals surface area contributed by atoms with Crippen LogP contribution in [0.15, 0.2) is 4.99 Å². The normalized spacial score (nSPS) is 15.6. The van der Waals surface area contributed by atoms with E-state index in [1.54, 1.807) is 0 Å². The summed E-state index contributed by atoms with van der Waals surface area (Å²) in [5, 5.41) is 0. The number of nitrogens with zero attached hydrogens (tertiary/aromatic N) is 1. The Hall–Kier alpha value is 1.72. The van der Waals surface area contributed by atoms with Gasteiger partial charge in [-0.2, -0.15) is 0 Å². The molecule has 12 heavy (non-hydrogen) atoms. The SMILES string of the molecule is CCCCSSC1=NCCS1.[Na]. The maximum absolute atomic E-state index is 4.36. The van der Waals surface area contributed by atoms with E-state index in [1.165, 1.54) is 28.7 Å². The molecule has 0 fully saturated rings. The summed E-state index contributed by atoms with van der Waals surface area (Å²) in [6, 6.07) is 0. The Morgan fingerprint density at radius 1 is 1.58 bits per heavy atom. The molecule has 0 saturated carbocycles. The molecule has 0 aliphatic carbocycles. The van der Waals surface area contributed by atoms with Crippen LogP contribution < -0.4 is 0 Å². The van der Waals surface area contributed by atoms with Crippen molar-refractivity contribution in [3.8, 4) is 0 Å². The van der Waals surface area contributed by atoms with Crippen LogP contribution in [0.1, 0.15) is 19.8 Å². The summed E-state index contributed by atoms with van der Waals surface area (Å²) in [7, 11) is 3.79. The minimum absolute atomic E-state index is 0. The first kappa shape index (κ1) is 13.7. The van der Waals surface area contributed by atoms with Crippen molar-refractivity contribution in [1.82, 2.24) is 0 Å². The molecule has 1 aliphatic heterocycles. The van der Waals surface area contributed by atoms with Gasteiger partial charge in [-0.1, -0.05) is 35.9 Å². The number of hydrogen-bond acceptors (Lipinski definition) is 4. The fourth-order valence-electron chi connectivity index (χ4n) is 0.661. The molecule has 1 heterocycles. The minimum Gasteiger partial charge on any atom is -0.270 e. The predicted octanol–water partition coefficient (Wildman–Crippen LogP) is 2.89. The van der Waals surface area contributed by atoms with E-state index in [0.29, 0.717) is 0 Å². The van der Waals surface area contributed by atoms with Crippen LogP contribution in [0.3, 0.4) is 0 Å². The van der Waals surface area contributed by atoms with E-state index in [1.807, 2.05) is 33.3 Å². The molecule has 5 heteroatoms. The first-order chi connectivity index (χ1) is 5.43. The summed E-state index contributed by atoms with van der Waals surface area (Å²) in [6.07, 6.45) is 2.63. The zero-order valence-electron chi connectivity index (χ0n) is 7.71. The third-order valence-electron chi connectivity index (χ3n) is 1.27. The molecule has 0 saturated heterocycles. The van der Waals surface area contributed by atoms with Crippen molar-refractivity contribution in [2.45, 2.75) is 19.8 Å². The van der Waals surface area contributed by atoms with Gasteiger partial charge in [0.25, 0.3) is 0 Å². The summed E-state index contributed by atoms with van der Waals surface area (Å²) in [4.78, 5) is 4.36. The standard InChI is InChI=1S/C7H13NS3.Na/c1-2-3-5-10-11-7-8-4-6-9-7;/h2-6H2,1H3;. The largest absolute Gasteiger partial charge is 0.270 e. The summed E-state index contributed by atoms with van der Waals surface area (Å²) < 4.78 is 1.28. The molecule has 0 aromatic heterocycles. The second kappa shape index (κ2) is 9.28. The number of aliphatic imine (C=N–C) groups is 1. The maximum Gasteiger partial charge on any atom is 0.135 e. The van der Waals surface area contributed by atoms with Gasteiger partial charge in [0.05, 0.1) is 6.54 Å².